The molecule has 8 heteroatoms. The fraction of sp³-hybridized carbons (Fsp3) is 0.455. The van der Waals surface area contributed by atoms with Crippen LogP contribution in [0.25, 0.3) is 0 Å². The lowest BCUT2D eigenvalue weighted by Gasteiger charge is -2.16. The van der Waals surface area contributed by atoms with Crippen molar-refractivity contribution in [1.82, 2.24) is 4.98 Å². The number of guanidine groups is 1. The van der Waals surface area contributed by atoms with Crippen LogP contribution in [0, 0.1) is 5.41 Å². The number of pyridine rings is 1. The molecule has 4 nitrogen and oxygen atoms in total. The van der Waals surface area contributed by atoms with Gasteiger partial charge in [-0.15, -0.1) is 24.0 Å². The van der Waals surface area contributed by atoms with Gasteiger partial charge in [0.25, 0.3) is 0 Å². The number of hydrogen-bond acceptors (Lipinski definition) is 2. The smallest absolute Gasteiger partial charge is 0.370 e. The van der Waals surface area contributed by atoms with Crippen LogP contribution in [0.15, 0.2) is 29.4 Å². The third-order valence-electron chi connectivity index (χ3n) is 2.93. The van der Waals surface area contributed by atoms with Gasteiger partial charge in [-0.1, -0.05) is 6.07 Å². The van der Waals surface area contributed by atoms with E-state index in [-0.39, 0.29) is 49.3 Å². The molecule has 1 aliphatic rings. The minimum absolute atomic E-state index is 0. The zero-order chi connectivity index (χ0) is 13.2. The highest BCUT2D eigenvalue weighted by Gasteiger charge is 2.63. The van der Waals surface area contributed by atoms with E-state index in [2.05, 4.69) is 15.3 Å². The number of halogens is 4. The lowest BCUT2D eigenvalue weighted by Crippen LogP contribution is -2.30. The van der Waals surface area contributed by atoms with Gasteiger partial charge in [-0.2, -0.15) is 13.2 Å². The van der Waals surface area contributed by atoms with Crippen molar-refractivity contribution in [3.8, 4) is 0 Å². The van der Waals surface area contributed by atoms with Gasteiger partial charge in [0.2, 0.25) is 0 Å². The van der Waals surface area contributed by atoms with Gasteiger partial charge < -0.3 is 11.1 Å². The van der Waals surface area contributed by atoms with Crippen molar-refractivity contribution in [3.05, 3.63) is 24.4 Å². The molecule has 1 aliphatic carbocycles. The number of aromatic nitrogens is 1. The van der Waals surface area contributed by atoms with Crippen molar-refractivity contribution in [2.24, 2.45) is 16.1 Å². The largest absolute Gasteiger partial charge is 0.396 e. The van der Waals surface area contributed by atoms with Crippen molar-refractivity contribution in [2.75, 3.05) is 11.9 Å². The van der Waals surface area contributed by atoms with Crippen LogP contribution in [0.1, 0.15) is 12.8 Å². The third kappa shape index (κ3) is 3.95. The average molecular weight is 386 g/mol. The van der Waals surface area contributed by atoms with E-state index in [9.17, 15) is 13.2 Å². The predicted octanol–water partition coefficient (Wildman–Crippen LogP) is 2.77. The van der Waals surface area contributed by atoms with E-state index in [1.54, 1.807) is 24.4 Å². The Labute approximate surface area is 125 Å². The minimum atomic E-state index is -4.21. The molecule has 0 bridgehead atoms. The lowest BCUT2D eigenvalue weighted by atomic mass is 10.1. The first kappa shape index (κ1) is 16.0. The molecule has 1 heterocycles. The van der Waals surface area contributed by atoms with E-state index in [0.717, 1.165) is 0 Å². The molecule has 1 fully saturated rings. The number of rotatable bonds is 3. The molecule has 2 rings (SSSR count). The second kappa shape index (κ2) is 5.93. The van der Waals surface area contributed by atoms with Crippen molar-refractivity contribution < 1.29 is 13.2 Å². The molecule has 0 spiro atoms. The number of anilines is 1. The van der Waals surface area contributed by atoms with Crippen LogP contribution < -0.4 is 11.1 Å². The third-order valence-corrected chi connectivity index (χ3v) is 2.93. The summed E-state index contributed by atoms with van der Waals surface area (Å²) in [6.45, 7) is -0.331. The highest BCUT2D eigenvalue weighted by atomic mass is 127. The summed E-state index contributed by atoms with van der Waals surface area (Å²) >= 11 is 0. The Kier molecular flexibility index (Phi) is 4.99. The van der Waals surface area contributed by atoms with Crippen LogP contribution in [0.4, 0.5) is 19.0 Å². The quantitative estimate of drug-likeness (QED) is 0.477. The highest BCUT2D eigenvalue weighted by Crippen LogP contribution is 2.57. The monoisotopic (exact) mass is 386 g/mol. The molecule has 1 saturated carbocycles. The molecule has 0 saturated heterocycles. The first-order valence-corrected chi connectivity index (χ1v) is 5.48. The van der Waals surface area contributed by atoms with E-state index in [1.165, 1.54) is 0 Å². The van der Waals surface area contributed by atoms with Crippen molar-refractivity contribution >= 4 is 35.8 Å². The van der Waals surface area contributed by atoms with Gasteiger partial charge in [0, 0.05) is 6.20 Å². The number of aliphatic imine (C=N–C) groups is 1. The number of nitrogens with two attached hydrogens (primary N) is 1. The summed E-state index contributed by atoms with van der Waals surface area (Å²) in [5.74, 6) is 0.403. The summed E-state index contributed by atoms with van der Waals surface area (Å²) in [6, 6.07) is 5.11. The predicted molar refractivity (Wildman–Crippen MR) is 77.5 cm³/mol. The van der Waals surface area contributed by atoms with Crippen molar-refractivity contribution in [1.29, 1.82) is 0 Å². The van der Waals surface area contributed by atoms with Crippen LogP contribution in [0.2, 0.25) is 0 Å². The molecular formula is C11H14F3IN4. The second-order valence-corrected chi connectivity index (χ2v) is 4.32. The van der Waals surface area contributed by atoms with E-state index in [0.29, 0.717) is 5.82 Å². The maximum absolute atomic E-state index is 12.6. The van der Waals surface area contributed by atoms with Crippen LogP contribution in [0.3, 0.4) is 0 Å². The van der Waals surface area contributed by atoms with Crippen LogP contribution in [-0.4, -0.2) is 23.7 Å². The first-order chi connectivity index (χ1) is 8.43. The fourth-order valence-electron chi connectivity index (χ4n) is 1.53. The minimum Gasteiger partial charge on any atom is -0.370 e. The number of nitrogens with zero attached hydrogens (tertiary/aromatic N) is 2. The highest BCUT2D eigenvalue weighted by molar-refractivity contribution is 14.0. The van der Waals surface area contributed by atoms with Crippen molar-refractivity contribution in [3.63, 3.8) is 0 Å². The zero-order valence-corrected chi connectivity index (χ0v) is 12.3. The van der Waals surface area contributed by atoms with Gasteiger partial charge in [0.1, 0.15) is 5.82 Å². The molecule has 0 aliphatic heterocycles. The summed E-state index contributed by atoms with van der Waals surface area (Å²) in [5, 5.41) is 2.64. The Morgan fingerprint density at radius 2 is 2.11 bits per heavy atom. The standard InChI is InChI=1S/C11H13F3N4.HI/c12-11(13,14)10(4-5-10)7-17-9(15)18-8-3-1-2-6-16-8;/h1-3,6H,4-5,7H2,(H3,15,16,17,18);1H. The zero-order valence-electron chi connectivity index (χ0n) is 9.94. The Balaban J connectivity index is 0.00000180. The van der Waals surface area contributed by atoms with Gasteiger partial charge in [-0.3, -0.25) is 4.99 Å². The summed E-state index contributed by atoms with van der Waals surface area (Å²) in [4.78, 5) is 7.68. The van der Waals surface area contributed by atoms with Gasteiger partial charge in [-0.05, 0) is 25.0 Å². The van der Waals surface area contributed by atoms with Crippen LogP contribution >= 0.6 is 24.0 Å². The van der Waals surface area contributed by atoms with Gasteiger partial charge >= 0.3 is 6.18 Å². The number of nitrogens with one attached hydrogen (secondary N) is 1. The second-order valence-electron chi connectivity index (χ2n) is 4.32. The Bertz CT molecular complexity index is 443. The molecule has 0 aromatic carbocycles. The summed E-state index contributed by atoms with van der Waals surface area (Å²) in [5.41, 5.74) is 3.85. The van der Waals surface area contributed by atoms with Gasteiger partial charge in [-0.25, -0.2) is 4.98 Å². The molecule has 19 heavy (non-hydrogen) atoms. The summed E-state index contributed by atoms with van der Waals surface area (Å²) < 4.78 is 37.9. The maximum Gasteiger partial charge on any atom is 0.396 e. The van der Waals surface area contributed by atoms with E-state index in [4.69, 9.17) is 5.73 Å². The molecule has 0 unspecified atom stereocenters. The molecule has 1 aromatic heterocycles. The van der Waals surface area contributed by atoms with Crippen molar-refractivity contribution in [2.45, 2.75) is 19.0 Å². The van der Waals surface area contributed by atoms with Crippen LogP contribution in [-0.2, 0) is 0 Å². The molecule has 106 valence electrons. The van der Waals surface area contributed by atoms with E-state index >= 15 is 0 Å². The summed E-state index contributed by atoms with van der Waals surface area (Å²) in [6.07, 6.45) is -2.41. The summed E-state index contributed by atoms with van der Waals surface area (Å²) in [7, 11) is 0. The average Bonchev–Trinajstić information content (AvgIpc) is 3.08. The Morgan fingerprint density at radius 1 is 1.42 bits per heavy atom. The van der Waals surface area contributed by atoms with E-state index in [1.807, 2.05) is 0 Å². The van der Waals surface area contributed by atoms with Gasteiger partial charge in [0.05, 0.1) is 12.0 Å². The Morgan fingerprint density at radius 3 is 2.58 bits per heavy atom. The van der Waals surface area contributed by atoms with E-state index < -0.39 is 11.6 Å². The molecule has 3 N–H and O–H groups in total. The maximum atomic E-state index is 12.6. The number of hydrogen-bond donors (Lipinski definition) is 2. The molecule has 1 aromatic rings. The number of alkyl halides is 3. The SMILES string of the molecule is I.NC(=NCC1(C(F)(F)F)CC1)Nc1ccccn1. The van der Waals surface area contributed by atoms with Gasteiger partial charge in [0.15, 0.2) is 5.96 Å². The topological polar surface area (TPSA) is 63.3 Å². The normalized spacial score (nSPS) is 17.5. The fourth-order valence-corrected chi connectivity index (χ4v) is 1.53. The first-order valence-electron chi connectivity index (χ1n) is 5.48. The lowest BCUT2D eigenvalue weighted by molar-refractivity contribution is -0.183. The molecular weight excluding hydrogens is 372 g/mol. The van der Waals surface area contributed by atoms with Crippen LogP contribution in [0.5, 0.6) is 0 Å². The molecule has 0 amide bonds. The molecule has 0 radical (unpaired) electrons. The molecule has 0 atom stereocenters. The Hall–Kier alpha value is -1.06.